The lowest BCUT2D eigenvalue weighted by Crippen LogP contribution is -2.17. The number of pyridine rings is 1. The van der Waals surface area contributed by atoms with Crippen LogP contribution in [-0.2, 0) is 6.42 Å². The standard InChI is InChI=1S/C16H17BrN2O/c1-20-13-7-5-11-3-2-4-15(14(11)9-13)19-12-6-8-16(17)18-10-12/h5-10,15,19H,2-4H2,1H3. The van der Waals surface area contributed by atoms with Crippen molar-refractivity contribution in [1.29, 1.82) is 0 Å². The Labute approximate surface area is 127 Å². The summed E-state index contributed by atoms with van der Waals surface area (Å²) >= 11 is 3.36. The molecule has 0 aliphatic heterocycles. The highest BCUT2D eigenvalue weighted by molar-refractivity contribution is 9.10. The van der Waals surface area contributed by atoms with Gasteiger partial charge in [0, 0.05) is 0 Å². The van der Waals surface area contributed by atoms with E-state index in [-0.39, 0.29) is 0 Å². The predicted octanol–water partition coefficient (Wildman–Crippen LogP) is 4.34. The average molecular weight is 333 g/mol. The molecule has 1 aliphatic rings. The smallest absolute Gasteiger partial charge is 0.119 e. The second kappa shape index (κ2) is 5.83. The zero-order valence-electron chi connectivity index (χ0n) is 11.4. The lowest BCUT2D eigenvalue weighted by atomic mass is 9.87. The molecule has 0 bridgehead atoms. The minimum Gasteiger partial charge on any atom is -0.497 e. The van der Waals surface area contributed by atoms with Crippen molar-refractivity contribution < 1.29 is 4.74 Å². The Morgan fingerprint density at radius 2 is 2.20 bits per heavy atom. The molecule has 1 atom stereocenters. The number of hydrogen-bond donors (Lipinski definition) is 1. The molecule has 0 radical (unpaired) electrons. The van der Waals surface area contributed by atoms with E-state index >= 15 is 0 Å². The fraction of sp³-hybridized carbons (Fsp3) is 0.312. The minimum atomic E-state index is 0.330. The van der Waals surface area contributed by atoms with Crippen LogP contribution >= 0.6 is 15.9 Å². The number of nitrogens with zero attached hydrogens (tertiary/aromatic N) is 1. The van der Waals surface area contributed by atoms with Crippen molar-refractivity contribution in [2.45, 2.75) is 25.3 Å². The number of anilines is 1. The number of aryl methyl sites for hydroxylation is 1. The minimum absolute atomic E-state index is 0.330. The van der Waals surface area contributed by atoms with E-state index < -0.39 is 0 Å². The first-order valence-electron chi connectivity index (χ1n) is 6.81. The van der Waals surface area contributed by atoms with Crippen molar-refractivity contribution in [3.63, 3.8) is 0 Å². The molecule has 0 fully saturated rings. The summed E-state index contributed by atoms with van der Waals surface area (Å²) in [6.45, 7) is 0. The van der Waals surface area contributed by atoms with Crippen molar-refractivity contribution in [3.05, 3.63) is 52.3 Å². The number of nitrogens with one attached hydrogen (secondary N) is 1. The van der Waals surface area contributed by atoms with E-state index in [1.165, 1.54) is 17.5 Å². The van der Waals surface area contributed by atoms with Gasteiger partial charge >= 0.3 is 0 Å². The van der Waals surface area contributed by atoms with Crippen molar-refractivity contribution in [2.24, 2.45) is 0 Å². The van der Waals surface area contributed by atoms with Crippen molar-refractivity contribution >= 4 is 21.6 Å². The molecule has 3 nitrogen and oxygen atoms in total. The van der Waals surface area contributed by atoms with Gasteiger partial charge in [0.1, 0.15) is 10.4 Å². The number of rotatable bonds is 3. The van der Waals surface area contributed by atoms with Crippen LogP contribution in [0.2, 0.25) is 0 Å². The molecule has 1 unspecified atom stereocenters. The molecule has 0 spiro atoms. The summed E-state index contributed by atoms with van der Waals surface area (Å²) in [5.74, 6) is 0.923. The second-order valence-corrected chi connectivity index (χ2v) is 5.84. The summed E-state index contributed by atoms with van der Waals surface area (Å²) in [7, 11) is 1.71. The highest BCUT2D eigenvalue weighted by Crippen LogP contribution is 2.34. The third-order valence-electron chi connectivity index (χ3n) is 3.74. The summed E-state index contributed by atoms with van der Waals surface area (Å²) < 4.78 is 6.20. The molecule has 1 heterocycles. The monoisotopic (exact) mass is 332 g/mol. The molecule has 1 aromatic heterocycles. The molecule has 0 amide bonds. The largest absolute Gasteiger partial charge is 0.497 e. The fourth-order valence-electron chi connectivity index (χ4n) is 2.72. The topological polar surface area (TPSA) is 34.1 Å². The maximum absolute atomic E-state index is 5.35. The van der Waals surface area contributed by atoms with Crippen LogP contribution in [0.1, 0.15) is 30.0 Å². The summed E-state index contributed by atoms with van der Waals surface area (Å²) in [5.41, 5.74) is 3.81. The first-order valence-corrected chi connectivity index (χ1v) is 7.60. The Kier molecular flexibility index (Phi) is 3.92. The maximum atomic E-state index is 5.35. The van der Waals surface area contributed by atoms with Crippen LogP contribution in [0.4, 0.5) is 5.69 Å². The summed E-state index contributed by atoms with van der Waals surface area (Å²) in [5, 5.41) is 3.58. The van der Waals surface area contributed by atoms with Crippen LogP contribution in [0.25, 0.3) is 0 Å². The maximum Gasteiger partial charge on any atom is 0.119 e. The molecule has 3 rings (SSSR count). The van der Waals surface area contributed by atoms with Crippen molar-refractivity contribution in [1.82, 2.24) is 4.98 Å². The van der Waals surface area contributed by atoms with Crippen LogP contribution in [0.3, 0.4) is 0 Å². The van der Waals surface area contributed by atoms with E-state index in [0.29, 0.717) is 6.04 Å². The Balaban J connectivity index is 1.87. The van der Waals surface area contributed by atoms with Gasteiger partial charge in [0.25, 0.3) is 0 Å². The number of benzene rings is 1. The van der Waals surface area contributed by atoms with E-state index in [1.54, 1.807) is 7.11 Å². The molecule has 0 saturated carbocycles. The third-order valence-corrected chi connectivity index (χ3v) is 4.20. The van der Waals surface area contributed by atoms with Gasteiger partial charge in [-0.3, -0.25) is 0 Å². The molecule has 1 aliphatic carbocycles. The first-order chi connectivity index (χ1) is 9.76. The van der Waals surface area contributed by atoms with E-state index in [0.717, 1.165) is 28.9 Å². The highest BCUT2D eigenvalue weighted by atomic mass is 79.9. The van der Waals surface area contributed by atoms with Gasteiger partial charge in [-0.25, -0.2) is 4.98 Å². The Morgan fingerprint density at radius 1 is 1.30 bits per heavy atom. The molecule has 1 N–H and O–H groups in total. The van der Waals surface area contributed by atoms with Crippen molar-refractivity contribution in [2.75, 3.05) is 12.4 Å². The summed E-state index contributed by atoms with van der Waals surface area (Å²) in [6, 6.07) is 10.7. The fourth-order valence-corrected chi connectivity index (χ4v) is 2.95. The molecular formula is C16H17BrN2O. The zero-order chi connectivity index (χ0) is 13.9. The number of methoxy groups -OCH3 is 1. The molecule has 1 aromatic carbocycles. The Hall–Kier alpha value is -1.55. The van der Waals surface area contributed by atoms with Gasteiger partial charge in [0.2, 0.25) is 0 Å². The van der Waals surface area contributed by atoms with Gasteiger partial charge in [-0.1, -0.05) is 6.07 Å². The SMILES string of the molecule is COc1ccc2c(c1)C(Nc1ccc(Br)nc1)CCC2. The lowest BCUT2D eigenvalue weighted by Gasteiger charge is -2.27. The van der Waals surface area contributed by atoms with Crippen LogP contribution in [0, 0.1) is 0 Å². The number of hydrogen-bond acceptors (Lipinski definition) is 3. The third kappa shape index (κ3) is 2.80. The number of aromatic nitrogens is 1. The van der Waals surface area contributed by atoms with E-state index in [2.05, 4.69) is 38.4 Å². The molecule has 2 aromatic rings. The van der Waals surface area contributed by atoms with Gasteiger partial charge in [-0.15, -0.1) is 0 Å². The normalized spacial score (nSPS) is 17.4. The molecule has 4 heteroatoms. The van der Waals surface area contributed by atoms with Crippen LogP contribution in [0.5, 0.6) is 5.75 Å². The Morgan fingerprint density at radius 3 is 2.95 bits per heavy atom. The second-order valence-electron chi connectivity index (χ2n) is 5.02. The van der Waals surface area contributed by atoms with Crippen LogP contribution in [-0.4, -0.2) is 12.1 Å². The molecule has 20 heavy (non-hydrogen) atoms. The predicted molar refractivity (Wildman–Crippen MR) is 84.2 cm³/mol. The number of halogens is 1. The lowest BCUT2D eigenvalue weighted by molar-refractivity contribution is 0.413. The van der Waals surface area contributed by atoms with Crippen molar-refractivity contribution in [3.8, 4) is 5.75 Å². The first kappa shape index (κ1) is 13.4. The van der Waals surface area contributed by atoms with Gasteiger partial charge in [-0.2, -0.15) is 0 Å². The molecule has 0 saturated heterocycles. The van der Waals surface area contributed by atoms with Crippen LogP contribution in [0.15, 0.2) is 41.1 Å². The average Bonchev–Trinajstić information content (AvgIpc) is 2.49. The van der Waals surface area contributed by atoms with E-state index in [1.807, 2.05) is 24.4 Å². The van der Waals surface area contributed by atoms with Gasteiger partial charge in [0.05, 0.1) is 25.0 Å². The van der Waals surface area contributed by atoms with Gasteiger partial charge in [0.15, 0.2) is 0 Å². The zero-order valence-corrected chi connectivity index (χ0v) is 13.0. The van der Waals surface area contributed by atoms with Gasteiger partial charge < -0.3 is 10.1 Å². The molecule has 104 valence electrons. The molecular weight excluding hydrogens is 316 g/mol. The number of ether oxygens (including phenoxy) is 1. The summed E-state index contributed by atoms with van der Waals surface area (Å²) in [6.07, 6.45) is 5.35. The van der Waals surface area contributed by atoms with E-state index in [4.69, 9.17) is 4.74 Å². The quantitative estimate of drug-likeness (QED) is 0.849. The Bertz CT molecular complexity index is 598. The number of fused-ring (bicyclic) bond motifs is 1. The van der Waals surface area contributed by atoms with E-state index in [9.17, 15) is 0 Å². The highest BCUT2D eigenvalue weighted by Gasteiger charge is 2.20. The summed E-state index contributed by atoms with van der Waals surface area (Å²) in [4.78, 5) is 4.26. The van der Waals surface area contributed by atoms with Crippen LogP contribution < -0.4 is 10.1 Å². The van der Waals surface area contributed by atoms with Gasteiger partial charge in [-0.05, 0) is 70.6 Å².